The van der Waals surface area contributed by atoms with Crippen LogP contribution in [0.15, 0.2) is 59.8 Å². The Bertz CT molecular complexity index is 577. The van der Waals surface area contributed by atoms with Crippen LogP contribution >= 0.6 is 0 Å². The van der Waals surface area contributed by atoms with E-state index in [1.54, 1.807) is 6.08 Å². The number of hydrogen-bond donors (Lipinski definition) is 0. The van der Waals surface area contributed by atoms with Crippen molar-refractivity contribution < 1.29 is 4.39 Å². The predicted octanol–water partition coefficient (Wildman–Crippen LogP) is 4.62. The van der Waals surface area contributed by atoms with Gasteiger partial charge in [0.15, 0.2) is 0 Å². The number of halogens is 1. The molecule has 0 spiro atoms. The highest BCUT2D eigenvalue weighted by Crippen LogP contribution is 2.27. The molecule has 0 atom stereocenters. The Kier molecular flexibility index (Phi) is 3.87. The van der Waals surface area contributed by atoms with E-state index in [2.05, 4.69) is 12.1 Å². The van der Waals surface area contributed by atoms with Crippen molar-refractivity contribution in [3.63, 3.8) is 0 Å². The molecule has 0 aromatic heterocycles. The van der Waals surface area contributed by atoms with Crippen molar-refractivity contribution in [3.05, 3.63) is 77.5 Å². The van der Waals surface area contributed by atoms with E-state index < -0.39 is 0 Å². The molecule has 0 radical (unpaired) electrons. The number of rotatable bonds is 2. The highest BCUT2D eigenvalue weighted by molar-refractivity contribution is 5.66. The first-order valence-corrected chi connectivity index (χ1v) is 6.20. The third kappa shape index (κ3) is 2.77. The summed E-state index contributed by atoms with van der Waals surface area (Å²) in [4.78, 5) is 1.85. The third-order valence-electron chi connectivity index (χ3n) is 3.20. The Morgan fingerprint density at radius 1 is 1.32 bits per heavy atom. The second kappa shape index (κ2) is 5.58. The molecule has 1 aliphatic rings. The Balaban J connectivity index is 2.43. The smallest absolute Gasteiger partial charge is 0.139 e. The van der Waals surface area contributed by atoms with E-state index in [0.29, 0.717) is 0 Å². The maximum absolute atomic E-state index is 13.4. The van der Waals surface area contributed by atoms with Gasteiger partial charge >= 0.3 is 0 Å². The lowest BCUT2D eigenvalue weighted by Gasteiger charge is -2.26. The minimum Gasteiger partial charge on any atom is -0.318 e. The van der Waals surface area contributed by atoms with Crippen molar-refractivity contribution in [3.8, 4) is 0 Å². The van der Waals surface area contributed by atoms with Crippen LogP contribution in [0.1, 0.15) is 26.3 Å². The molecule has 1 aliphatic heterocycles. The summed E-state index contributed by atoms with van der Waals surface area (Å²) in [6, 6.07) is 11.7. The molecule has 1 aromatic rings. The molecule has 2 rings (SSSR count). The van der Waals surface area contributed by atoms with Crippen molar-refractivity contribution in [1.82, 2.24) is 4.90 Å². The highest BCUT2D eigenvalue weighted by atomic mass is 19.1. The monoisotopic (exact) mass is 253 g/mol. The zero-order valence-corrected chi connectivity index (χ0v) is 11.4. The SMILES string of the molecule is C/C=C1/C=CC(F)=CN1/C(C)=C(\C)c1c#cccc1. The summed E-state index contributed by atoms with van der Waals surface area (Å²) in [6.45, 7) is 5.92. The van der Waals surface area contributed by atoms with E-state index in [0.717, 1.165) is 22.5 Å². The minimum atomic E-state index is -0.249. The van der Waals surface area contributed by atoms with Crippen molar-refractivity contribution in [2.24, 2.45) is 0 Å². The van der Waals surface area contributed by atoms with Crippen LogP contribution in [0.2, 0.25) is 0 Å². The van der Waals surface area contributed by atoms with Gasteiger partial charge in [-0.15, -0.1) is 0 Å². The van der Waals surface area contributed by atoms with Crippen molar-refractivity contribution >= 4 is 5.57 Å². The van der Waals surface area contributed by atoms with Gasteiger partial charge in [-0.2, -0.15) is 0 Å². The molecule has 0 N–H and O–H groups in total. The van der Waals surface area contributed by atoms with E-state index >= 15 is 0 Å². The highest BCUT2D eigenvalue weighted by Gasteiger charge is 2.14. The minimum absolute atomic E-state index is 0.249. The Hall–Kier alpha value is -2.27. The normalized spacial score (nSPS) is 18.0. The van der Waals surface area contributed by atoms with Crippen LogP contribution < -0.4 is 0 Å². The van der Waals surface area contributed by atoms with Crippen molar-refractivity contribution in [1.29, 1.82) is 0 Å². The molecule has 0 fully saturated rings. The number of hydrogen-bond acceptors (Lipinski definition) is 1. The van der Waals surface area contributed by atoms with Crippen LogP contribution in [-0.4, -0.2) is 4.90 Å². The van der Waals surface area contributed by atoms with E-state index in [1.165, 1.54) is 12.3 Å². The van der Waals surface area contributed by atoms with E-state index in [-0.39, 0.29) is 5.83 Å². The van der Waals surface area contributed by atoms with Crippen LogP contribution in [-0.2, 0) is 0 Å². The predicted molar refractivity (Wildman–Crippen MR) is 76.3 cm³/mol. The topological polar surface area (TPSA) is 3.24 Å². The first kappa shape index (κ1) is 13.2. The first-order valence-electron chi connectivity index (χ1n) is 6.20. The fourth-order valence-electron chi connectivity index (χ4n) is 1.96. The average molecular weight is 253 g/mol. The van der Waals surface area contributed by atoms with Crippen LogP contribution in [0.25, 0.3) is 5.57 Å². The summed E-state index contributed by atoms with van der Waals surface area (Å²) in [5, 5.41) is 0. The van der Waals surface area contributed by atoms with E-state index in [4.69, 9.17) is 0 Å². The molecule has 0 amide bonds. The molecule has 1 heterocycles. The second-order valence-corrected chi connectivity index (χ2v) is 4.35. The van der Waals surface area contributed by atoms with Gasteiger partial charge in [0.25, 0.3) is 0 Å². The van der Waals surface area contributed by atoms with Crippen LogP contribution in [0.4, 0.5) is 4.39 Å². The summed E-state index contributed by atoms with van der Waals surface area (Å²) in [5.41, 5.74) is 3.95. The van der Waals surface area contributed by atoms with Crippen molar-refractivity contribution in [2.75, 3.05) is 0 Å². The van der Waals surface area contributed by atoms with Crippen LogP contribution in [0.3, 0.4) is 0 Å². The molecule has 0 bridgehead atoms. The molecule has 1 aromatic carbocycles. The van der Waals surface area contributed by atoms with Gasteiger partial charge in [-0.1, -0.05) is 24.3 Å². The maximum Gasteiger partial charge on any atom is 0.139 e. The first-order chi connectivity index (χ1) is 9.13. The molecule has 19 heavy (non-hydrogen) atoms. The molecule has 0 saturated carbocycles. The van der Waals surface area contributed by atoms with Gasteiger partial charge in [0, 0.05) is 23.2 Å². The molecule has 96 valence electrons. The second-order valence-electron chi connectivity index (χ2n) is 4.35. The Labute approximate surface area is 114 Å². The number of nitrogens with zero attached hydrogens (tertiary/aromatic N) is 1. The molecule has 1 nitrogen and oxygen atoms in total. The Morgan fingerprint density at radius 3 is 2.74 bits per heavy atom. The summed E-state index contributed by atoms with van der Waals surface area (Å²) in [6.07, 6.45) is 6.70. The Morgan fingerprint density at radius 2 is 2.11 bits per heavy atom. The van der Waals surface area contributed by atoms with E-state index in [1.807, 2.05) is 49.9 Å². The van der Waals surface area contributed by atoms with Gasteiger partial charge in [0.1, 0.15) is 5.83 Å². The third-order valence-corrected chi connectivity index (χ3v) is 3.20. The molecule has 2 heteroatoms. The zero-order chi connectivity index (χ0) is 13.8. The molecule has 0 aliphatic carbocycles. The van der Waals surface area contributed by atoms with Gasteiger partial charge in [-0.05, 0) is 50.6 Å². The van der Waals surface area contributed by atoms with Gasteiger partial charge in [-0.25, -0.2) is 4.39 Å². The van der Waals surface area contributed by atoms with Gasteiger partial charge < -0.3 is 4.90 Å². The molecule has 0 saturated heterocycles. The summed E-state index contributed by atoms with van der Waals surface area (Å²) >= 11 is 0. The standard InChI is InChI=1S/C17H16FN/c1-4-17-11-10-16(18)12-19(17)14(3)13(2)15-8-6-5-7-9-15/h4-6,8,10-12H,1-3H3/b14-13+,17-4-. The summed E-state index contributed by atoms with van der Waals surface area (Å²) in [5.74, 6) is -0.249. The van der Waals surface area contributed by atoms with Crippen molar-refractivity contribution in [2.45, 2.75) is 20.8 Å². The quantitative estimate of drug-likeness (QED) is 0.743. The van der Waals surface area contributed by atoms with Gasteiger partial charge in [-0.3, -0.25) is 0 Å². The van der Waals surface area contributed by atoms with Crippen LogP contribution in [0.5, 0.6) is 0 Å². The van der Waals surface area contributed by atoms with E-state index in [9.17, 15) is 4.39 Å². The lowest BCUT2D eigenvalue weighted by Crippen LogP contribution is -2.16. The lowest BCUT2D eigenvalue weighted by molar-refractivity contribution is 0.542. The lowest BCUT2D eigenvalue weighted by atomic mass is 10.1. The fourth-order valence-corrected chi connectivity index (χ4v) is 1.96. The largest absolute Gasteiger partial charge is 0.318 e. The zero-order valence-electron chi connectivity index (χ0n) is 11.4. The van der Waals surface area contributed by atoms with Crippen LogP contribution in [0, 0.1) is 12.1 Å². The van der Waals surface area contributed by atoms with Gasteiger partial charge in [0.2, 0.25) is 0 Å². The summed E-state index contributed by atoms with van der Waals surface area (Å²) < 4.78 is 13.4. The number of allylic oxidation sites excluding steroid dienone is 6. The summed E-state index contributed by atoms with van der Waals surface area (Å²) in [7, 11) is 0. The molecular weight excluding hydrogens is 237 g/mol. The fraction of sp³-hybridized carbons (Fsp3) is 0.176. The average Bonchev–Trinajstić information content (AvgIpc) is 2.46. The maximum atomic E-state index is 13.4. The molecular formula is C17H16FN. The van der Waals surface area contributed by atoms with Gasteiger partial charge in [0.05, 0.1) is 0 Å². The molecule has 0 unspecified atom stereocenters.